The van der Waals surface area contributed by atoms with Gasteiger partial charge in [0.2, 0.25) is 0 Å². The monoisotopic (exact) mass is 260 g/mol. The highest BCUT2D eigenvalue weighted by atomic mass is 16.6. The van der Waals surface area contributed by atoms with Crippen molar-refractivity contribution in [1.29, 1.82) is 0 Å². The second-order valence-electron chi connectivity index (χ2n) is 6.35. The number of fused-ring (bicyclic) bond motifs is 5. The van der Waals surface area contributed by atoms with Gasteiger partial charge < -0.3 is 10.5 Å². The Bertz CT molecular complexity index is 533. The largest absolute Gasteiger partial charge is 0.444 e. The van der Waals surface area contributed by atoms with Crippen LogP contribution in [0.1, 0.15) is 56.8 Å². The molecule has 0 unspecified atom stereocenters. The molecule has 0 aromatic heterocycles. The maximum Gasteiger partial charge on any atom is 0.411 e. The summed E-state index contributed by atoms with van der Waals surface area (Å²) in [5.41, 5.74) is 8.72. The van der Waals surface area contributed by atoms with E-state index in [1.54, 1.807) is 0 Å². The molecule has 2 aliphatic rings. The Morgan fingerprint density at radius 1 is 1.32 bits per heavy atom. The molecule has 1 amide bonds. The Balaban J connectivity index is 1.93. The smallest absolute Gasteiger partial charge is 0.411 e. The van der Waals surface area contributed by atoms with Crippen LogP contribution in [0.5, 0.6) is 0 Å². The van der Waals surface area contributed by atoms with Crippen molar-refractivity contribution < 1.29 is 9.53 Å². The van der Waals surface area contributed by atoms with Crippen LogP contribution in [0.15, 0.2) is 18.2 Å². The molecule has 1 saturated heterocycles. The number of nitrogen functional groups attached to an aromatic ring is 1. The third-order valence-corrected chi connectivity index (χ3v) is 3.86. The lowest BCUT2D eigenvalue weighted by atomic mass is 9.91. The zero-order valence-electron chi connectivity index (χ0n) is 11.6. The van der Waals surface area contributed by atoms with Gasteiger partial charge in [0, 0.05) is 11.3 Å². The lowest BCUT2D eigenvalue weighted by Crippen LogP contribution is -2.34. The van der Waals surface area contributed by atoms with Crippen LogP contribution >= 0.6 is 0 Å². The van der Waals surface area contributed by atoms with Gasteiger partial charge in [0.05, 0.1) is 12.1 Å². The molecule has 2 atom stereocenters. The topological polar surface area (TPSA) is 55.6 Å². The number of ether oxygens (including phenoxy) is 1. The van der Waals surface area contributed by atoms with Gasteiger partial charge in [0.15, 0.2) is 0 Å². The van der Waals surface area contributed by atoms with Gasteiger partial charge in [-0.2, -0.15) is 0 Å². The summed E-state index contributed by atoms with van der Waals surface area (Å²) in [6.07, 6.45) is 1.75. The Hall–Kier alpha value is -1.71. The van der Waals surface area contributed by atoms with Crippen molar-refractivity contribution in [2.24, 2.45) is 0 Å². The third-order valence-electron chi connectivity index (χ3n) is 3.86. The number of benzene rings is 1. The Kier molecular flexibility index (Phi) is 2.52. The fraction of sp³-hybridized carbons (Fsp3) is 0.533. The van der Waals surface area contributed by atoms with Gasteiger partial charge in [-0.25, -0.2) is 4.79 Å². The SMILES string of the molecule is CC(C)(C)OC(=O)N1[C@@H]2CC[C@H]1c1cccc(N)c12. The summed E-state index contributed by atoms with van der Waals surface area (Å²) in [7, 11) is 0. The highest BCUT2D eigenvalue weighted by Crippen LogP contribution is 2.55. The number of anilines is 1. The first-order valence-corrected chi connectivity index (χ1v) is 6.78. The van der Waals surface area contributed by atoms with Crippen LogP contribution < -0.4 is 5.73 Å². The quantitative estimate of drug-likeness (QED) is 0.727. The van der Waals surface area contributed by atoms with E-state index in [1.807, 2.05) is 37.8 Å². The molecular weight excluding hydrogens is 240 g/mol. The normalized spacial score (nSPS) is 24.5. The van der Waals surface area contributed by atoms with Crippen LogP contribution in [-0.4, -0.2) is 16.6 Å². The summed E-state index contributed by atoms with van der Waals surface area (Å²) >= 11 is 0. The number of amides is 1. The fourth-order valence-corrected chi connectivity index (χ4v) is 3.25. The van der Waals surface area contributed by atoms with Gasteiger partial charge in [0.1, 0.15) is 5.60 Å². The van der Waals surface area contributed by atoms with Gasteiger partial charge in [0.25, 0.3) is 0 Å². The predicted molar refractivity (Wildman–Crippen MR) is 73.6 cm³/mol. The lowest BCUT2D eigenvalue weighted by Gasteiger charge is -2.27. The molecule has 2 aliphatic heterocycles. The molecular formula is C15H20N2O2. The Morgan fingerprint density at radius 3 is 2.63 bits per heavy atom. The zero-order valence-corrected chi connectivity index (χ0v) is 11.6. The van der Waals surface area contributed by atoms with E-state index in [-0.39, 0.29) is 18.2 Å². The molecule has 0 aliphatic carbocycles. The van der Waals surface area contributed by atoms with Crippen molar-refractivity contribution in [2.45, 2.75) is 51.3 Å². The molecule has 0 spiro atoms. The number of nitrogens with two attached hydrogens (primary N) is 1. The first-order valence-electron chi connectivity index (χ1n) is 6.78. The predicted octanol–water partition coefficient (Wildman–Crippen LogP) is 3.40. The Labute approximate surface area is 113 Å². The summed E-state index contributed by atoms with van der Waals surface area (Å²) in [4.78, 5) is 14.2. The molecule has 3 rings (SSSR count). The molecule has 4 heteroatoms. The average molecular weight is 260 g/mol. The minimum atomic E-state index is -0.461. The van der Waals surface area contributed by atoms with Crippen molar-refractivity contribution in [3.05, 3.63) is 29.3 Å². The maximum atomic E-state index is 12.4. The van der Waals surface area contributed by atoms with Crippen LogP contribution in [0.2, 0.25) is 0 Å². The average Bonchev–Trinajstić information content (AvgIpc) is 2.83. The second kappa shape index (κ2) is 3.89. The standard InChI is InChI=1S/C15H20N2O2/c1-15(2,3)19-14(18)17-11-7-8-12(17)13-9(11)5-4-6-10(13)16/h4-6,11-12H,7-8,16H2,1-3H3/t11-,12+/m0/s1. The number of rotatable bonds is 0. The van der Waals surface area contributed by atoms with Crippen LogP contribution in [0, 0.1) is 0 Å². The van der Waals surface area contributed by atoms with Crippen LogP contribution in [0.25, 0.3) is 0 Å². The van der Waals surface area contributed by atoms with E-state index < -0.39 is 5.60 Å². The molecule has 1 aromatic rings. The molecule has 0 saturated carbocycles. The summed E-state index contributed by atoms with van der Waals surface area (Å²) in [6, 6.07) is 6.18. The summed E-state index contributed by atoms with van der Waals surface area (Å²) < 4.78 is 5.52. The zero-order chi connectivity index (χ0) is 13.8. The van der Waals surface area contributed by atoms with Crippen molar-refractivity contribution >= 4 is 11.8 Å². The second-order valence-corrected chi connectivity index (χ2v) is 6.35. The molecule has 102 valence electrons. The Morgan fingerprint density at radius 2 is 2.00 bits per heavy atom. The molecule has 0 radical (unpaired) electrons. The van der Waals surface area contributed by atoms with Crippen LogP contribution in [0.3, 0.4) is 0 Å². The van der Waals surface area contributed by atoms with Crippen molar-refractivity contribution in [3.63, 3.8) is 0 Å². The maximum absolute atomic E-state index is 12.4. The first-order chi connectivity index (χ1) is 8.88. The van der Waals surface area contributed by atoms with Crippen LogP contribution in [0.4, 0.5) is 10.5 Å². The van der Waals surface area contributed by atoms with E-state index in [0.29, 0.717) is 0 Å². The third kappa shape index (κ3) is 1.86. The summed E-state index contributed by atoms with van der Waals surface area (Å²) in [5.74, 6) is 0. The molecule has 4 nitrogen and oxygen atoms in total. The van der Waals surface area contributed by atoms with E-state index in [1.165, 1.54) is 5.56 Å². The molecule has 2 heterocycles. The van der Waals surface area contributed by atoms with E-state index in [4.69, 9.17) is 10.5 Å². The van der Waals surface area contributed by atoms with Gasteiger partial charge in [-0.3, -0.25) is 4.90 Å². The number of nitrogens with zero attached hydrogens (tertiary/aromatic N) is 1. The van der Waals surface area contributed by atoms with Crippen molar-refractivity contribution in [1.82, 2.24) is 4.90 Å². The number of hydrogen-bond donors (Lipinski definition) is 1. The van der Waals surface area contributed by atoms with Crippen molar-refractivity contribution in [2.75, 3.05) is 5.73 Å². The fourth-order valence-electron chi connectivity index (χ4n) is 3.25. The van der Waals surface area contributed by atoms with Gasteiger partial charge in [-0.15, -0.1) is 0 Å². The van der Waals surface area contributed by atoms with E-state index in [9.17, 15) is 4.79 Å². The van der Waals surface area contributed by atoms with Crippen molar-refractivity contribution in [3.8, 4) is 0 Å². The van der Waals surface area contributed by atoms with E-state index >= 15 is 0 Å². The van der Waals surface area contributed by atoms with E-state index in [0.717, 1.165) is 24.1 Å². The minimum Gasteiger partial charge on any atom is -0.444 e. The minimum absolute atomic E-state index is 0.0936. The number of hydrogen-bond acceptors (Lipinski definition) is 3. The number of carbonyl (C=O) groups excluding carboxylic acids is 1. The van der Waals surface area contributed by atoms with Gasteiger partial charge in [-0.05, 0) is 45.2 Å². The lowest BCUT2D eigenvalue weighted by molar-refractivity contribution is 0.0178. The van der Waals surface area contributed by atoms with Gasteiger partial charge in [-0.1, -0.05) is 12.1 Å². The molecule has 2 bridgehead atoms. The van der Waals surface area contributed by atoms with E-state index in [2.05, 4.69) is 6.07 Å². The summed E-state index contributed by atoms with van der Waals surface area (Å²) in [5, 5.41) is 0. The van der Waals surface area contributed by atoms with Gasteiger partial charge >= 0.3 is 6.09 Å². The molecule has 2 N–H and O–H groups in total. The highest BCUT2D eigenvalue weighted by Gasteiger charge is 2.48. The van der Waals surface area contributed by atoms with Crippen LogP contribution in [-0.2, 0) is 4.74 Å². The molecule has 1 fully saturated rings. The summed E-state index contributed by atoms with van der Waals surface area (Å²) in [6.45, 7) is 5.68. The first kappa shape index (κ1) is 12.3. The molecule has 1 aromatic carbocycles. The highest BCUT2D eigenvalue weighted by molar-refractivity contribution is 5.74. The molecule has 19 heavy (non-hydrogen) atoms. The number of carbonyl (C=O) groups is 1.